The molecule has 0 aliphatic rings. The lowest BCUT2D eigenvalue weighted by Gasteiger charge is -2.08. The van der Waals surface area contributed by atoms with Crippen molar-refractivity contribution in [3.8, 4) is 0 Å². The Morgan fingerprint density at radius 3 is 2.88 bits per heavy atom. The van der Waals surface area contributed by atoms with Crippen molar-refractivity contribution in [3.05, 3.63) is 23.4 Å². The van der Waals surface area contributed by atoms with E-state index in [-0.39, 0.29) is 13.2 Å². The topological polar surface area (TPSA) is 111 Å². The quantitative estimate of drug-likeness (QED) is 0.645. The molecule has 0 fully saturated rings. The molecule has 0 amide bonds. The Morgan fingerprint density at radius 1 is 1.62 bits per heavy atom. The van der Waals surface area contributed by atoms with Crippen LogP contribution in [0.1, 0.15) is 11.3 Å². The number of carbonyl (C=O) groups is 1. The van der Waals surface area contributed by atoms with Gasteiger partial charge >= 0.3 is 5.97 Å². The van der Waals surface area contributed by atoms with Crippen molar-refractivity contribution in [2.24, 2.45) is 5.73 Å². The highest BCUT2D eigenvalue weighted by Crippen LogP contribution is 2.07. The molecular weight excluding hydrogens is 210 g/mol. The smallest absolute Gasteiger partial charge is 0.322 e. The first kappa shape index (κ1) is 12.4. The van der Waals surface area contributed by atoms with Gasteiger partial charge in [0.1, 0.15) is 11.9 Å². The number of hydrogen-bond donors (Lipinski definition) is 3. The maximum Gasteiger partial charge on any atom is 0.322 e. The van der Waals surface area contributed by atoms with Gasteiger partial charge in [-0.3, -0.25) is 4.79 Å². The Morgan fingerprint density at radius 2 is 2.31 bits per heavy atom. The molecule has 0 saturated carbocycles. The number of nitrogen functional groups attached to an aromatic ring is 1. The first-order chi connectivity index (χ1) is 7.49. The van der Waals surface area contributed by atoms with Crippen LogP contribution >= 0.6 is 0 Å². The zero-order chi connectivity index (χ0) is 12.1. The number of hydrogen-bond acceptors (Lipinski definition) is 5. The van der Waals surface area contributed by atoms with Crippen LogP contribution < -0.4 is 11.5 Å². The summed E-state index contributed by atoms with van der Waals surface area (Å²) in [5.74, 6) is -0.669. The summed E-state index contributed by atoms with van der Waals surface area (Å²) in [6.07, 6.45) is 0. The molecule has 0 spiro atoms. The number of rotatable bonds is 5. The maximum absolute atomic E-state index is 10.4. The van der Waals surface area contributed by atoms with E-state index in [0.717, 1.165) is 5.56 Å². The summed E-state index contributed by atoms with van der Waals surface area (Å²) in [6, 6.07) is 2.55. The number of anilines is 1. The van der Waals surface area contributed by atoms with Crippen LogP contribution in [0.3, 0.4) is 0 Å². The minimum atomic E-state index is -1.09. The number of aryl methyl sites for hydroxylation is 1. The van der Waals surface area contributed by atoms with E-state index in [1.54, 1.807) is 6.07 Å². The molecule has 6 nitrogen and oxygen atoms in total. The maximum atomic E-state index is 10.4. The van der Waals surface area contributed by atoms with Gasteiger partial charge in [-0.2, -0.15) is 0 Å². The minimum absolute atomic E-state index is 0.0507. The number of ether oxygens (including phenoxy) is 1. The van der Waals surface area contributed by atoms with Crippen molar-refractivity contribution < 1.29 is 14.6 Å². The van der Waals surface area contributed by atoms with Crippen LogP contribution in [0.15, 0.2) is 12.1 Å². The second-order valence-corrected chi connectivity index (χ2v) is 3.52. The predicted molar refractivity (Wildman–Crippen MR) is 58.7 cm³/mol. The summed E-state index contributed by atoms with van der Waals surface area (Å²) in [5.41, 5.74) is 12.5. The Bertz CT molecular complexity index is 361. The molecular formula is C10H15N3O3. The molecule has 0 unspecified atom stereocenters. The third-order valence-corrected chi connectivity index (χ3v) is 1.91. The second-order valence-electron chi connectivity index (χ2n) is 3.52. The molecule has 0 aromatic carbocycles. The molecule has 88 valence electrons. The van der Waals surface area contributed by atoms with Gasteiger partial charge in [-0.1, -0.05) is 0 Å². The summed E-state index contributed by atoms with van der Waals surface area (Å²) in [5, 5.41) is 8.53. The number of nitrogens with zero attached hydrogens (tertiary/aromatic N) is 1. The van der Waals surface area contributed by atoms with Gasteiger partial charge in [0, 0.05) is 0 Å². The van der Waals surface area contributed by atoms with Crippen molar-refractivity contribution in [3.63, 3.8) is 0 Å². The van der Waals surface area contributed by atoms with E-state index >= 15 is 0 Å². The van der Waals surface area contributed by atoms with Crippen molar-refractivity contribution in [2.75, 3.05) is 12.3 Å². The third-order valence-electron chi connectivity index (χ3n) is 1.91. The van der Waals surface area contributed by atoms with E-state index in [2.05, 4.69) is 4.98 Å². The molecule has 1 aromatic rings. The predicted octanol–water partition coefficient (Wildman–Crippen LogP) is -0.0993. The second kappa shape index (κ2) is 5.43. The molecule has 5 N–H and O–H groups in total. The normalized spacial score (nSPS) is 12.4. The van der Waals surface area contributed by atoms with E-state index in [1.807, 2.05) is 13.0 Å². The number of pyridine rings is 1. The van der Waals surface area contributed by atoms with Crippen LogP contribution in [-0.2, 0) is 16.1 Å². The van der Waals surface area contributed by atoms with Gasteiger partial charge in [-0.05, 0) is 24.6 Å². The van der Waals surface area contributed by atoms with E-state index in [4.69, 9.17) is 21.3 Å². The number of carboxylic acid groups (broad SMARTS) is 1. The fourth-order valence-corrected chi connectivity index (χ4v) is 1.20. The Balaban J connectivity index is 2.46. The lowest BCUT2D eigenvalue weighted by atomic mass is 10.2. The number of nitrogens with two attached hydrogens (primary N) is 2. The molecule has 0 bridgehead atoms. The summed E-state index contributed by atoms with van der Waals surface area (Å²) >= 11 is 0. The Labute approximate surface area is 93.2 Å². The van der Waals surface area contributed by atoms with Gasteiger partial charge in [0.05, 0.1) is 18.9 Å². The standard InChI is InChI=1S/C10H15N3O3/c1-6-2-7(13-9(12)3-6)4-16-5-8(11)10(14)15/h2-3,8H,4-5,11H2,1H3,(H2,12,13)(H,14,15)/t8-/m0/s1. The molecule has 0 aliphatic heterocycles. The highest BCUT2D eigenvalue weighted by Gasteiger charge is 2.11. The molecule has 16 heavy (non-hydrogen) atoms. The minimum Gasteiger partial charge on any atom is -0.480 e. The summed E-state index contributed by atoms with van der Waals surface area (Å²) in [6.45, 7) is 2.04. The summed E-state index contributed by atoms with van der Waals surface area (Å²) in [4.78, 5) is 14.4. The van der Waals surface area contributed by atoms with Crippen LogP contribution in [0.25, 0.3) is 0 Å². The van der Waals surface area contributed by atoms with Gasteiger partial charge in [0.2, 0.25) is 0 Å². The Kier molecular flexibility index (Phi) is 4.21. The van der Waals surface area contributed by atoms with E-state index in [9.17, 15) is 4.79 Å². The van der Waals surface area contributed by atoms with E-state index in [1.165, 1.54) is 0 Å². The third kappa shape index (κ3) is 3.84. The van der Waals surface area contributed by atoms with Gasteiger partial charge in [0.15, 0.2) is 0 Å². The first-order valence-electron chi connectivity index (χ1n) is 4.78. The monoisotopic (exact) mass is 225 g/mol. The molecule has 1 heterocycles. The average Bonchev–Trinajstić information content (AvgIpc) is 2.15. The fraction of sp³-hybridized carbons (Fsp3) is 0.400. The lowest BCUT2D eigenvalue weighted by Crippen LogP contribution is -2.34. The van der Waals surface area contributed by atoms with Crippen molar-refractivity contribution >= 4 is 11.8 Å². The first-order valence-corrected chi connectivity index (χ1v) is 4.78. The van der Waals surface area contributed by atoms with Crippen LogP contribution in [0.2, 0.25) is 0 Å². The average molecular weight is 225 g/mol. The van der Waals surface area contributed by atoms with E-state index in [0.29, 0.717) is 11.5 Å². The van der Waals surface area contributed by atoms with Crippen molar-refractivity contribution in [2.45, 2.75) is 19.6 Å². The highest BCUT2D eigenvalue weighted by atomic mass is 16.5. The van der Waals surface area contributed by atoms with Crippen LogP contribution in [0.5, 0.6) is 0 Å². The lowest BCUT2D eigenvalue weighted by molar-refractivity contribution is -0.140. The van der Waals surface area contributed by atoms with E-state index < -0.39 is 12.0 Å². The molecule has 1 aromatic heterocycles. The van der Waals surface area contributed by atoms with Crippen LogP contribution in [0, 0.1) is 6.92 Å². The SMILES string of the molecule is Cc1cc(N)nc(COC[C@H](N)C(=O)O)c1. The van der Waals surface area contributed by atoms with Gasteiger partial charge < -0.3 is 21.3 Å². The number of aromatic nitrogens is 1. The van der Waals surface area contributed by atoms with Gasteiger partial charge in [-0.25, -0.2) is 4.98 Å². The molecule has 0 saturated heterocycles. The van der Waals surface area contributed by atoms with Crippen molar-refractivity contribution in [1.29, 1.82) is 0 Å². The van der Waals surface area contributed by atoms with Crippen LogP contribution in [-0.4, -0.2) is 28.7 Å². The summed E-state index contributed by atoms with van der Waals surface area (Å²) in [7, 11) is 0. The zero-order valence-corrected chi connectivity index (χ0v) is 9.01. The molecule has 6 heteroatoms. The number of aliphatic carboxylic acids is 1. The molecule has 0 aliphatic carbocycles. The van der Waals surface area contributed by atoms with Gasteiger partial charge in [-0.15, -0.1) is 0 Å². The molecule has 1 atom stereocenters. The largest absolute Gasteiger partial charge is 0.480 e. The fourth-order valence-electron chi connectivity index (χ4n) is 1.20. The zero-order valence-electron chi connectivity index (χ0n) is 9.01. The number of carboxylic acids is 1. The summed E-state index contributed by atoms with van der Waals surface area (Å²) < 4.78 is 5.13. The Hall–Kier alpha value is -1.66. The molecule has 0 radical (unpaired) electrons. The van der Waals surface area contributed by atoms with Crippen LogP contribution in [0.4, 0.5) is 5.82 Å². The highest BCUT2D eigenvalue weighted by molar-refractivity contribution is 5.73. The molecule has 1 rings (SSSR count). The van der Waals surface area contributed by atoms with Crippen molar-refractivity contribution in [1.82, 2.24) is 4.98 Å². The van der Waals surface area contributed by atoms with Gasteiger partial charge in [0.25, 0.3) is 0 Å².